The molecule has 0 aliphatic carbocycles. The maximum absolute atomic E-state index is 13.7. The molecule has 0 aliphatic heterocycles. The number of hydrogen-bond acceptors (Lipinski definition) is 5. The van der Waals surface area contributed by atoms with E-state index in [-0.39, 0.29) is 29.5 Å². The second-order valence-corrected chi connectivity index (χ2v) is 5.36. The zero-order valence-corrected chi connectivity index (χ0v) is 12.7. The van der Waals surface area contributed by atoms with Gasteiger partial charge >= 0.3 is 0 Å². The summed E-state index contributed by atoms with van der Waals surface area (Å²) >= 11 is 0. The molecule has 0 aliphatic rings. The molecular weight excluding hydrogens is 313 g/mol. The first-order chi connectivity index (χ1) is 11.6. The highest BCUT2D eigenvalue weighted by Gasteiger charge is 2.16. The van der Waals surface area contributed by atoms with Crippen molar-refractivity contribution in [2.75, 3.05) is 0 Å². The number of fused-ring (bicyclic) bond motifs is 1. The van der Waals surface area contributed by atoms with Crippen molar-refractivity contribution >= 4 is 5.65 Å². The van der Waals surface area contributed by atoms with E-state index in [1.54, 1.807) is 31.3 Å². The van der Waals surface area contributed by atoms with Gasteiger partial charge in [0.2, 0.25) is 11.7 Å². The number of halogens is 1. The molecule has 0 saturated carbocycles. The highest BCUT2D eigenvalue weighted by Crippen LogP contribution is 2.21. The van der Waals surface area contributed by atoms with Gasteiger partial charge in [-0.1, -0.05) is 23.4 Å². The van der Waals surface area contributed by atoms with Gasteiger partial charge < -0.3 is 4.52 Å². The van der Waals surface area contributed by atoms with Crippen LogP contribution in [0.5, 0.6) is 0 Å². The molecule has 0 radical (unpaired) electrons. The zero-order valence-electron chi connectivity index (χ0n) is 12.7. The molecule has 0 bridgehead atoms. The van der Waals surface area contributed by atoms with E-state index < -0.39 is 0 Å². The smallest absolute Gasteiger partial charge is 0.272 e. The van der Waals surface area contributed by atoms with Gasteiger partial charge in [-0.2, -0.15) is 4.98 Å². The van der Waals surface area contributed by atoms with E-state index in [1.807, 2.05) is 0 Å². The van der Waals surface area contributed by atoms with Crippen LogP contribution < -0.4 is 5.56 Å². The first-order valence-corrected chi connectivity index (χ1v) is 7.26. The average Bonchev–Trinajstić information content (AvgIpc) is 3.16. The monoisotopic (exact) mass is 325 g/mol. The van der Waals surface area contributed by atoms with Crippen molar-refractivity contribution in [1.82, 2.24) is 24.7 Å². The van der Waals surface area contributed by atoms with E-state index in [4.69, 9.17) is 4.52 Å². The van der Waals surface area contributed by atoms with Gasteiger partial charge in [0.25, 0.3) is 5.56 Å². The van der Waals surface area contributed by atoms with Crippen molar-refractivity contribution in [3.63, 3.8) is 0 Å². The molecule has 0 spiro atoms. The Hall–Kier alpha value is -3.29. The molecule has 3 heterocycles. The standard InChI is InChI=1S/C16H12FN5O2/c1-9-6-14(23)22-16(19-9)11(8-18-22)15-20-13(24-21-15)7-10-4-2-3-5-12(10)17/h2-6,8,18H,7H2,1H3. The zero-order chi connectivity index (χ0) is 16.7. The number of aromatic nitrogens is 5. The molecule has 24 heavy (non-hydrogen) atoms. The Balaban J connectivity index is 1.73. The van der Waals surface area contributed by atoms with Crippen molar-refractivity contribution in [2.24, 2.45) is 0 Å². The summed E-state index contributed by atoms with van der Waals surface area (Å²) in [7, 11) is 0. The lowest BCUT2D eigenvalue weighted by atomic mass is 10.1. The van der Waals surface area contributed by atoms with Crippen molar-refractivity contribution < 1.29 is 8.91 Å². The van der Waals surface area contributed by atoms with E-state index in [2.05, 4.69) is 20.2 Å². The van der Waals surface area contributed by atoms with Crippen LogP contribution >= 0.6 is 0 Å². The van der Waals surface area contributed by atoms with Crippen molar-refractivity contribution in [2.45, 2.75) is 13.3 Å². The van der Waals surface area contributed by atoms with E-state index in [0.717, 1.165) is 0 Å². The molecule has 3 aromatic heterocycles. The van der Waals surface area contributed by atoms with Gasteiger partial charge in [-0.05, 0) is 18.6 Å². The fourth-order valence-corrected chi connectivity index (χ4v) is 2.50. The van der Waals surface area contributed by atoms with Gasteiger partial charge in [0, 0.05) is 18.0 Å². The number of H-pyrrole nitrogens is 1. The SMILES string of the molecule is Cc1cc(=O)n2[nH]cc(-c3noc(Cc4ccccc4F)n3)c2n1. The van der Waals surface area contributed by atoms with Crippen LogP contribution in [0.15, 0.2) is 45.8 Å². The first kappa shape index (κ1) is 14.3. The summed E-state index contributed by atoms with van der Waals surface area (Å²) in [5.74, 6) is 0.246. The maximum atomic E-state index is 13.7. The quantitative estimate of drug-likeness (QED) is 0.623. The van der Waals surface area contributed by atoms with Gasteiger partial charge in [-0.15, -0.1) is 0 Å². The summed E-state index contributed by atoms with van der Waals surface area (Å²) in [5.41, 5.74) is 1.80. The normalized spacial score (nSPS) is 11.2. The number of rotatable bonds is 3. The molecule has 0 unspecified atom stereocenters. The summed E-state index contributed by atoms with van der Waals surface area (Å²) in [5, 5.41) is 6.72. The molecule has 7 nitrogen and oxygen atoms in total. The molecule has 8 heteroatoms. The highest BCUT2D eigenvalue weighted by atomic mass is 19.1. The molecule has 0 saturated heterocycles. The Bertz CT molecular complexity index is 1100. The van der Waals surface area contributed by atoms with E-state index in [0.29, 0.717) is 22.5 Å². The number of hydrogen-bond donors (Lipinski definition) is 1. The van der Waals surface area contributed by atoms with Gasteiger partial charge in [0.15, 0.2) is 5.65 Å². The third kappa shape index (κ3) is 2.37. The van der Waals surface area contributed by atoms with Crippen LogP contribution in [0, 0.1) is 12.7 Å². The van der Waals surface area contributed by atoms with Crippen molar-refractivity contribution in [1.29, 1.82) is 0 Å². The highest BCUT2D eigenvalue weighted by molar-refractivity contribution is 5.71. The molecule has 0 atom stereocenters. The van der Waals surface area contributed by atoms with E-state index >= 15 is 0 Å². The molecule has 1 N–H and O–H groups in total. The Morgan fingerprint density at radius 2 is 2.12 bits per heavy atom. The topological polar surface area (TPSA) is 89.1 Å². The van der Waals surface area contributed by atoms with Crippen LogP contribution in [-0.2, 0) is 6.42 Å². The van der Waals surface area contributed by atoms with Gasteiger partial charge in [-0.3, -0.25) is 9.89 Å². The Kier molecular flexibility index (Phi) is 3.23. The number of nitrogens with one attached hydrogen (secondary N) is 1. The Morgan fingerprint density at radius 1 is 1.29 bits per heavy atom. The first-order valence-electron chi connectivity index (χ1n) is 7.26. The van der Waals surface area contributed by atoms with Crippen LogP contribution in [0.1, 0.15) is 17.1 Å². The lowest BCUT2D eigenvalue weighted by Crippen LogP contribution is -2.14. The second kappa shape index (κ2) is 5.41. The van der Waals surface area contributed by atoms with Crippen molar-refractivity contribution in [3.8, 4) is 11.4 Å². The third-order valence-corrected chi connectivity index (χ3v) is 3.63. The molecule has 4 aromatic rings. The van der Waals surface area contributed by atoms with Crippen molar-refractivity contribution in [3.05, 3.63) is 69.8 Å². The van der Waals surface area contributed by atoms with Gasteiger partial charge in [-0.25, -0.2) is 13.9 Å². The fraction of sp³-hybridized carbons (Fsp3) is 0.125. The number of nitrogens with zero attached hydrogens (tertiary/aromatic N) is 4. The predicted molar refractivity (Wildman–Crippen MR) is 83.0 cm³/mol. The molecular formula is C16H12FN5O2. The minimum absolute atomic E-state index is 0.189. The summed E-state index contributed by atoms with van der Waals surface area (Å²) in [6, 6.07) is 7.83. The lowest BCUT2D eigenvalue weighted by Gasteiger charge is -1.97. The fourth-order valence-electron chi connectivity index (χ4n) is 2.50. The summed E-state index contributed by atoms with van der Waals surface area (Å²) in [6.45, 7) is 1.73. The maximum Gasteiger partial charge on any atom is 0.272 e. The largest absolute Gasteiger partial charge is 0.339 e. The van der Waals surface area contributed by atoms with Gasteiger partial charge in [0.1, 0.15) is 5.82 Å². The molecule has 120 valence electrons. The Labute approximate surface area is 134 Å². The molecule has 4 rings (SSSR count). The minimum Gasteiger partial charge on any atom is -0.339 e. The second-order valence-electron chi connectivity index (χ2n) is 5.36. The molecule has 1 aromatic carbocycles. The number of aryl methyl sites for hydroxylation is 1. The van der Waals surface area contributed by atoms with E-state index in [1.165, 1.54) is 16.6 Å². The minimum atomic E-state index is -0.326. The molecule has 0 fully saturated rings. The number of aromatic amines is 1. The van der Waals surface area contributed by atoms with Crippen LogP contribution in [0.25, 0.3) is 17.0 Å². The lowest BCUT2D eigenvalue weighted by molar-refractivity contribution is 0.384. The van der Waals surface area contributed by atoms with Crippen LogP contribution in [0.4, 0.5) is 4.39 Å². The third-order valence-electron chi connectivity index (χ3n) is 3.63. The van der Waals surface area contributed by atoms with Crippen LogP contribution in [0.3, 0.4) is 0 Å². The van der Waals surface area contributed by atoms with E-state index in [9.17, 15) is 9.18 Å². The summed E-state index contributed by atoms with van der Waals surface area (Å²) < 4.78 is 20.2. The average molecular weight is 325 g/mol. The molecule has 0 amide bonds. The summed E-state index contributed by atoms with van der Waals surface area (Å²) in [4.78, 5) is 20.5. The van der Waals surface area contributed by atoms with Crippen LogP contribution in [-0.4, -0.2) is 24.7 Å². The predicted octanol–water partition coefficient (Wildman–Crippen LogP) is 2.11. The Morgan fingerprint density at radius 3 is 2.96 bits per heavy atom. The summed E-state index contributed by atoms with van der Waals surface area (Å²) in [6.07, 6.45) is 1.77. The van der Waals surface area contributed by atoms with Gasteiger partial charge in [0.05, 0.1) is 12.0 Å². The number of benzene rings is 1. The van der Waals surface area contributed by atoms with Crippen LogP contribution in [0.2, 0.25) is 0 Å².